The van der Waals surface area contributed by atoms with Crippen LogP contribution in [-0.2, 0) is 67.0 Å². The molecular formula is C73H113N7O11Si3. The summed E-state index contributed by atoms with van der Waals surface area (Å²) >= 11 is 0. The highest BCUT2D eigenvalue weighted by Gasteiger charge is 2.56. The van der Waals surface area contributed by atoms with Crippen LogP contribution in [0, 0.1) is 5.92 Å². The van der Waals surface area contributed by atoms with Gasteiger partial charge in [-0.3, -0.25) is 28.9 Å². The lowest BCUT2D eigenvalue weighted by Crippen LogP contribution is -2.61. The maximum absolute atomic E-state index is 15.7. The van der Waals surface area contributed by atoms with Crippen LogP contribution in [0.3, 0.4) is 0 Å². The summed E-state index contributed by atoms with van der Waals surface area (Å²) in [4.78, 5) is 88.3. The highest BCUT2D eigenvalue weighted by Crippen LogP contribution is 2.49. The van der Waals surface area contributed by atoms with E-state index in [0.717, 1.165) is 16.0 Å². The van der Waals surface area contributed by atoms with Crippen molar-refractivity contribution in [3.8, 4) is 0 Å². The molecule has 0 fully saturated rings. The van der Waals surface area contributed by atoms with Crippen LogP contribution in [0.25, 0.3) is 0 Å². The number of ether oxygens (including phenoxy) is 2. The lowest BCUT2D eigenvalue weighted by Gasteiger charge is -2.52. The number of aromatic nitrogens is 3. The number of carbonyl (C=O) groups is 6. The van der Waals surface area contributed by atoms with Crippen molar-refractivity contribution in [3.05, 3.63) is 131 Å². The largest absolute Gasteiger partial charge is 0.490 e. The molecule has 2 aliphatic heterocycles. The highest BCUT2D eigenvalue weighted by atomic mass is 28.4. The first-order chi connectivity index (χ1) is 44.0. The average Bonchev–Trinajstić information content (AvgIpc) is 1.04. The molecule has 0 unspecified atom stereocenters. The van der Waals surface area contributed by atoms with Crippen molar-refractivity contribution in [1.29, 1.82) is 0 Å². The van der Waals surface area contributed by atoms with E-state index in [0.29, 0.717) is 12.2 Å². The van der Waals surface area contributed by atoms with Crippen LogP contribution in [0.4, 0.5) is 0 Å². The Hall–Kier alpha value is -6.11. The Kier molecular flexibility index (Phi) is 26.8. The van der Waals surface area contributed by atoms with Gasteiger partial charge in [0.1, 0.15) is 49.2 Å². The zero-order chi connectivity index (χ0) is 69.9. The van der Waals surface area contributed by atoms with Crippen LogP contribution in [-0.4, -0.2) is 123 Å². The molecule has 1 aromatic heterocycles. The molecule has 3 aromatic carbocycles. The predicted molar refractivity (Wildman–Crippen MR) is 378 cm³/mol. The van der Waals surface area contributed by atoms with E-state index in [-0.39, 0.29) is 105 Å². The maximum atomic E-state index is 15.7. The molecule has 6 atom stereocenters. The van der Waals surface area contributed by atoms with Gasteiger partial charge in [0.25, 0.3) is 11.8 Å². The van der Waals surface area contributed by atoms with Gasteiger partial charge in [-0.2, -0.15) is 0 Å². The number of carbonyl (C=O) groups excluding carboxylic acids is 6. The zero-order valence-electron chi connectivity index (χ0n) is 60.5. The van der Waals surface area contributed by atoms with Crippen LogP contribution in [0.15, 0.2) is 103 Å². The van der Waals surface area contributed by atoms with Crippen molar-refractivity contribution in [1.82, 2.24) is 35.8 Å². The Morgan fingerprint density at radius 1 is 0.585 bits per heavy atom. The Bertz CT molecular complexity index is 3120. The van der Waals surface area contributed by atoms with E-state index in [1.54, 1.807) is 38.1 Å². The van der Waals surface area contributed by atoms with Gasteiger partial charge in [0.05, 0.1) is 41.3 Å². The summed E-state index contributed by atoms with van der Waals surface area (Å²) in [7, 11) is -8.00. The monoisotopic (exact) mass is 1350 g/mol. The van der Waals surface area contributed by atoms with Crippen molar-refractivity contribution in [3.63, 3.8) is 0 Å². The lowest BCUT2D eigenvalue weighted by atomic mass is 9.98. The van der Waals surface area contributed by atoms with Crippen molar-refractivity contribution < 1.29 is 51.5 Å². The standard InChI is InChI=1S/C73H113N7O11Si3/c1-45(2)37-61(72(86)87-43-56-33-27-24-28-34-56)75-68(82)60(38-55-31-25-23-26-32-55)74-66(81)42-79-41-65(77-78-79)73(21,22)76-69(83)62(80-70(84)58-35-29-30-36-59(58)71(80)85)39-57-40-63(90-93(49(9)10,50(11)12)51(13)14)67(91-94(52(15)16,53(17)18)54(19)20)64(89-57)44-88-92(46(3)4,47(5)6)48(7)8/h23-36,40-41,45-54,60-64,67H,37-39,42-44H2,1-22H3,(H,74,81)(H,75,82)(H,76,83)/t60-,61-,62-,63+,64+,67-/m0/s1. The quantitative estimate of drug-likeness (QED) is 0.0225. The van der Waals surface area contributed by atoms with Crippen LogP contribution in [0.1, 0.15) is 203 Å². The Morgan fingerprint density at radius 3 is 1.55 bits per heavy atom. The maximum Gasteiger partial charge on any atom is 0.328 e. The predicted octanol–water partition coefficient (Wildman–Crippen LogP) is 14.3. The number of hydrogen-bond acceptors (Lipinski definition) is 13. The zero-order valence-corrected chi connectivity index (χ0v) is 63.5. The lowest BCUT2D eigenvalue weighted by molar-refractivity contribution is -0.149. The van der Waals surface area contributed by atoms with Gasteiger partial charge < -0.3 is 38.7 Å². The van der Waals surface area contributed by atoms with Gasteiger partial charge in [0.15, 0.2) is 0 Å². The molecule has 0 bridgehead atoms. The van der Waals surface area contributed by atoms with E-state index in [1.165, 1.54) is 10.9 Å². The molecule has 2 aliphatic rings. The van der Waals surface area contributed by atoms with E-state index in [2.05, 4.69) is 151 Å². The molecule has 3 heterocycles. The Balaban J connectivity index is 1.38. The second kappa shape index (κ2) is 32.8. The molecule has 0 saturated carbocycles. The number of amides is 5. The Labute approximate surface area is 564 Å². The summed E-state index contributed by atoms with van der Waals surface area (Å²) in [6.07, 6.45) is 1.71. The summed E-state index contributed by atoms with van der Waals surface area (Å²) in [5, 5.41) is 17.7. The third-order valence-corrected chi connectivity index (χ3v) is 38.1. The number of rotatable bonds is 34. The molecule has 0 aliphatic carbocycles. The first-order valence-electron chi connectivity index (χ1n) is 34.5. The van der Waals surface area contributed by atoms with E-state index >= 15 is 4.79 Å². The molecule has 0 spiro atoms. The topological polar surface area (TPSA) is 219 Å². The second-order valence-electron chi connectivity index (χ2n) is 30.0. The molecular weight excluding hydrogens is 1240 g/mol. The number of esters is 1. The van der Waals surface area contributed by atoms with E-state index in [4.69, 9.17) is 22.8 Å². The van der Waals surface area contributed by atoms with Gasteiger partial charge in [-0.05, 0) is 105 Å². The SMILES string of the molecule is CC(C)C[C@H](NC(=O)[C@H](Cc1ccccc1)NC(=O)Cn1cc(C(C)(C)NC(=O)[C@H](CC2=C[C@@H](O[Si](C(C)C)(C(C)C)C(C)C)[C@H](O[Si](C(C)C)(C(C)C)C(C)C)[C@@H](CO[Si](C(C)C)(C(C)C)C(C)C)O2)N2C(=O)c3ccccc3C2=O)nn1)C(=O)OCc1ccccc1. The van der Waals surface area contributed by atoms with Crippen molar-refractivity contribution in [2.45, 2.75) is 277 Å². The molecule has 5 amide bonds. The van der Waals surface area contributed by atoms with Crippen LogP contribution in [0.5, 0.6) is 0 Å². The number of imide groups is 1. The second-order valence-corrected chi connectivity index (χ2v) is 46.2. The molecule has 18 nitrogen and oxygen atoms in total. The van der Waals surface area contributed by atoms with Crippen LogP contribution < -0.4 is 16.0 Å². The fourth-order valence-corrected chi connectivity index (χ4v) is 32.1. The van der Waals surface area contributed by atoms with Gasteiger partial charge in [-0.1, -0.05) is 216 Å². The molecule has 94 heavy (non-hydrogen) atoms. The normalized spacial score (nSPS) is 17.6. The molecule has 4 aromatic rings. The first kappa shape index (κ1) is 76.9. The minimum Gasteiger partial charge on any atom is -0.490 e. The third kappa shape index (κ3) is 17.5. The Morgan fingerprint density at radius 2 is 1.06 bits per heavy atom. The van der Waals surface area contributed by atoms with Crippen LogP contribution >= 0.6 is 0 Å². The van der Waals surface area contributed by atoms with E-state index in [1.807, 2.05) is 80.6 Å². The van der Waals surface area contributed by atoms with Crippen molar-refractivity contribution in [2.24, 2.45) is 5.92 Å². The fraction of sp³-hybridized carbons (Fsp3) is 0.616. The van der Waals surface area contributed by atoms with Crippen LogP contribution in [0.2, 0.25) is 49.9 Å². The molecule has 0 radical (unpaired) electrons. The summed E-state index contributed by atoms with van der Waals surface area (Å²) in [6.45, 7) is 48.0. The summed E-state index contributed by atoms with van der Waals surface area (Å²) < 4.78 is 37.8. The average molecular weight is 1350 g/mol. The number of nitrogens with zero attached hydrogens (tertiary/aromatic N) is 4. The molecule has 6 rings (SSSR count). The summed E-state index contributed by atoms with van der Waals surface area (Å²) in [6, 6.07) is 21.6. The highest BCUT2D eigenvalue weighted by molar-refractivity contribution is 6.78. The number of hydrogen-bond donors (Lipinski definition) is 3. The minimum absolute atomic E-state index is 0.0208. The molecule has 518 valence electrons. The van der Waals surface area contributed by atoms with E-state index in [9.17, 15) is 24.0 Å². The molecule has 21 heteroatoms. The van der Waals surface area contributed by atoms with Gasteiger partial charge in [-0.25, -0.2) is 9.48 Å². The summed E-state index contributed by atoms with van der Waals surface area (Å²) in [5.41, 5.74) is 2.89. The molecule has 3 N–H and O–H groups in total. The van der Waals surface area contributed by atoms with Gasteiger partial charge in [0, 0.05) is 12.8 Å². The molecule has 0 saturated heterocycles. The smallest absolute Gasteiger partial charge is 0.328 e. The number of benzene rings is 3. The van der Waals surface area contributed by atoms with Crippen molar-refractivity contribution >= 4 is 60.5 Å². The van der Waals surface area contributed by atoms with E-state index < -0.39 is 102 Å². The van der Waals surface area contributed by atoms with Crippen molar-refractivity contribution in [2.75, 3.05) is 6.61 Å². The third-order valence-electron chi connectivity index (χ3n) is 19.9. The van der Waals surface area contributed by atoms with Gasteiger partial charge in [0.2, 0.25) is 42.7 Å². The van der Waals surface area contributed by atoms with Gasteiger partial charge in [-0.15, -0.1) is 5.10 Å². The number of fused-ring (bicyclic) bond motifs is 1. The summed E-state index contributed by atoms with van der Waals surface area (Å²) in [5.74, 6) is -3.24. The first-order valence-corrected chi connectivity index (χ1v) is 40.9. The minimum atomic E-state index is -2.74. The van der Waals surface area contributed by atoms with Gasteiger partial charge >= 0.3 is 5.97 Å². The fourth-order valence-electron chi connectivity index (χ4n) is 15.6. The number of nitrogens with one attached hydrogen (secondary N) is 3.